The number of nitrogens with one attached hydrogen (secondary N) is 1. The van der Waals surface area contributed by atoms with E-state index in [0.29, 0.717) is 12.6 Å². The number of nitrogens with zero attached hydrogens (tertiary/aromatic N) is 1. The molecule has 1 aromatic heterocycles. The van der Waals surface area contributed by atoms with E-state index in [1.54, 1.807) is 30.6 Å². The third kappa shape index (κ3) is 4.09. The van der Waals surface area contributed by atoms with Gasteiger partial charge in [0.15, 0.2) is 0 Å². The van der Waals surface area contributed by atoms with E-state index in [2.05, 4.69) is 24.1 Å². The molecule has 21 heavy (non-hydrogen) atoms. The van der Waals surface area contributed by atoms with Crippen LogP contribution in [0.1, 0.15) is 30.0 Å². The van der Waals surface area contributed by atoms with Crippen LogP contribution in [0.3, 0.4) is 0 Å². The highest BCUT2D eigenvalue weighted by molar-refractivity contribution is 7.15. The SMILES string of the molecule is COCc1nc(-c2cc(F)ccc2C)sc1CNC(C)C. The van der Waals surface area contributed by atoms with Crippen LogP contribution >= 0.6 is 11.3 Å². The molecule has 0 bridgehead atoms. The third-order valence-corrected chi connectivity index (χ3v) is 4.29. The third-order valence-electron chi connectivity index (χ3n) is 3.16. The van der Waals surface area contributed by atoms with E-state index in [0.717, 1.165) is 33.3 Å². The maximum atomic E-state index is 13.5. The number of hydrogen-bond acceptors (Lipinski definition) is 4. The lowest BCUT2D eigenvalue weighted by Gasteiger charge is -2.07. The Kier molecular flexibility index (Phi) is 5.45. The van der Waals surface area contributed by atoms with E-state index in [4.69, 9.17) is 4.74 Å². The van der Waals surface area contributed by atoms with Crippen molar-refractivity contribution in [3.05, 3.63) is 40.2 Å². The number of hydrogen-bond donors (Lipinski definition) is 1. The lowest BCUT2D eigenvalue weighted by atomic mass is 10.1. The maximum Gasteiger partial charge on any atom is 0.124 e. The number of methoxy groups -OCH3 is 1. The maximum absolute atomic E-state index is 13.5. The zero-order valence-corrected chi connectivity index (χ0v) is 13.7. The second kappa shape index (κ2) is 7.11. The molecule has 0 spiro atoms. The predicted octanol–water partition coefficient (Wildman–Crippen LogP) is 3.90. The molecular formula is C16H21FN2OS. The number of ether oxygens (including phenoxy) is 1. The number of aromatic nitrogens is 1. The van der Waals surface area contributed by atoms with Crippen molar-refractivity contribution in [1.29, 1.82) is 0 Å². The van der Waals surface area contributed by atoms with Crippen molar-refractivity contribution in [2.45, 2.75) is 40.0 Å². The van der Waals surface area contributed by atoms with Crippen LogP contribution in [0.5, 0.6) is 0 Å². The molecule has 0 aliphatic rings. The average Bonchev–Trinajstić information content (AvgIpc) is 2.83. The van der Waals surface area contributed by atoms with Crippen LogP contribution in [0.4, 0.5) is 4.39 Å². The van der Waals surface area contributed by atoms with Gasteiger partial charge in [0.25, 0.3) is 0 Å². The van der Waals surface area contributed by atoms with Gasteiger partial charge in [0, 0.05) is 30.1 Å². The van der Waals surface area contributed by atoms with Crippen LogP contribution < -0.4 is 5.32 Å². The fourth-order valence-electron chi connectivity index (χ4n) is 2.01. The predicted molar refractivity (Wildman–Crippen MR) is 84.9 cm³/mol. The van der Waals surface area contributed by atoms with Gasteiger partial charge < -0.3 is 10.1 Å². The second-order valence-corrected chi connectivity index (χ2v) is 6.40. The Labute approximate surface area is 129 Å². The van der Waals surface area contributed by atoms with E-state index in [1.807, 2.05) is 6.92 Å². The van der Waals surface area contributed by atoms with Gasteiger partial charge in [-0.05, 0) is 24.6 Å². The lowest BCUT2D eigenvalue weighted by Crippen LogP contribution is -2.21. The zero-order chi connectivity index (χ0) is 15.4. The molecule has 0 atom stereocenters. The van der Waals surface area contributed by atoms with Gasteiger partial charge in [0.05, 0.1) is 12.3 Å². The molecule has 0 saturated heterocycles. The van der Waals surface area contributed by atoms with E-state index < -0.39 is 0 Å². The Morgan fingerprint density at radius 1 is 1.38 bits per heavy atom. The van der Waals surface area contributed by atoms with Gasteiger partial charge in [0.2, 0.25) is 0 Å². The summed E-state index contributed by atoms with van der Waals surface area (Å²) in [6.45, 7) is 7.41. The summed E-state index contributed by atoms with van der Waals surface area (Å²) in [6.07, 6.45) is 0. The molecular weight excluding hydrogens is 287 g/mol. The summed E-state index contributed by atoms with van der Waals surface area (Å²) in [6, 6.07) is 5.21. The van der Waals surface area contributed by atoms with E-state index in [1.165, 1.54) is 6.07 Å². The molecule has 2 rings (SSSR count). The monoisotopic (exact) mass is 308 g/mol. The van der Waals surface area contributed by atoms with Crippen molar-refractivity contribution in [2.24, 2.45) is 0 Å². The average molecular weight is 308 g/mol. The molecule has 0 fully saturated rings. The molecule has 0 amide bonds. The van der Waals surface area contributed by atoms with Crippen molar-refractivity contribution in [1.82, 2.24) is 10.3 Å². The summed E-state index contributed by atoms with van der Waals surface area (Å²) < 4.78 is 18.7. The fraction of sp³-hybridized carbons (Fsp3) is 0.438. The lowest BCUT2D eigenvalue weighted by molar-refractivity contribution is 0.181. The van der Waals surface area contributed by atoms with Gasteiger partial charge in [0.1, 0.15) is 10.8 Å². The summed E-state index contributed by atoms with van der Waals surface area (Å²) in [5.74, 6) is -0.235. The van der Waals surface area contributed by atoms with Gasteiger partial charge in [-0.3, -0.25) is 0 Å². The Balaban J connectivity index is 2.35. The Bertz CT molecular complexity index is 610. The zero-order valence-electron chi connectivity index (χ0n) is 12.9. The molecule has 3 nitrogen and oxygen atoms in total. The van der Waals surface area contributed by atoms with E-state index in [-0.39, 0.29) is 5.82 Å². The summed E-state index contributed by atoms with van der Waals surface area (Å²) >= 11 is 1.60. The molecule has 5 heteroatoms. The first kappa shape index (κ1) is 16.1. The molecule has 0 unspecified atom stereocenters. The highest BCUT2D eigenvalue weighted by atomic mass is 32.1. The first-order valence-corrected chi connectivity index (χ1v) is 7.80. The molecule has 114 valence electrons. The van der Waals surface area contributed by atoms with Crippen LogP contribution in [0.15, 0.2) is 18.2 Å². The Morgan fingerprint density at radius 3 is 2.81 bits per heavy atom. The van der Waals surface area contributed by atoms with Crippen LogP contribution in [-0.2, 0) is 17.9 Å². The Morgan fingerprint density at radius 2 is 2.14 bits per heavy atom. The summed E-state index contributed by atoms with van der Waals surface area (Å²) in [5, 5.41) is 4.24. The minimum Gasteiger partial charge on any atom is -0.378 e. The van der Waals surface area contributed by atoms with Crippen molar-refractivity contribution >= 4 is 11.3 Å². The summed E-state index contributed by atoms with van der Waals surface area (Å²) in [5.41, 5.74) is 2.81. The van der Waals surface area contributed by atoms with E-state index in [9.17, 15) is 4.39 Å². The van der Waals surface area contributed by atoms with Crippen LogP contribution in [0.25, 0.3) is 10.6 Å². The second-order valence-electron chi connectivity index (χ2n) is 5.32. The number of thiazole rings is 1. The number of benzene rings is 1. The molecule has 0 radical (unpaired) electrons. The quantitative estimate of drug-likeness (QED) is 0.879. The standard InChI is InChI=1S/C16H21FN2OS/c1-10(2)18-8-15-14(9-20-4)19-16(21-15)13-7-12(17)6-5-11(13)3/h5-7,10,18H,8-9H2,1-4H3. The molecule has 0 saturated carbocycles. The number of rotatable bonds is 6. The minimum atomic E-state index is -0.235. The molecule has 1 aromatic carbocycles. The fourth-order valence-corrected chi connectivity index (χ4v) is 3.10. The minimum absolute atomic E-state index is 0.235. The molecule has 1 N–H and O–H groups in total. The number of halogens is 1. The van der Waals surface area contributed by atoms with Crippen molar-refractivity contribution in [3.63, 3.8) is 0 Å². The molecule has 0 aliphatic heterocycles. The van der Waals surface area contributed by atoms with Gasteiger partial charge in [-0.1, -0.05) is 19.9 Å². The van der Waals surface area contributed by atoms with Gasteiger partial charge in [-0.2, -0.15) is 0 Å². The van der Waals surface area contributed by atoms with Crippen molar-refractivity contribution in [2.75, 3.05) is 7.11 Å². The molecule has 0 aliphatic carbocycles. The topological polar surface area (TPSA) is 34.1 Å². The first-order valence-electron chi connectivity index (χ1n) is 6.98. The highest BCUT2D eigenvalue weighted by Gasteiger charge is 2.14. The van der Waals surface area contributed by atoms with Gasteiger partial charge in [-0.25, -0.2) is 9.37 Å². The highest BCUT2D eigenvalue weighted by Crippen LogP contribution is 2.31. The summed E-state index contributed by atoms with van der Waals surface area (Å²) in [4.78, 5) is 5.78. The first-order chi connectivity index (χ1) is 10.0. The summed E-state index contributed by atoms with van der Waals surface area (Å²) in [7, 11) is 1.66. The molecule has 2 aromatic rings. The van der Waals surface area contributed by atoms with Crippen molar-refractivity contribution in [3.8, 4) is 10.6 Å². The van der Waals surface area contributed by atoms with Crippen LogP contribution in [0.2, 0.25) is 0 Å². The Hall–Kier alpha value is -1.30. The van der Waals surface area contributed by atoms with Gasteiger partial charge >= 0.3 is 0 Å². The van der Waals surface area contributed by atoms with Crippen LogP contribution in [0, 0.1) is 12.7 Å². The normalized spacial score (nSPS) is 11.3. The van der Waals surface area contributed by atoms with Crippen LogP contribution in [-0.4, -0.2) is 18.1 Å². The van der Waals surface area contributed by atoms with E-state index >= 15 is 0 Å². The molecule has 1 heterocycles. The largest absolute Gasteiger partial charge is 0.378 e. The number of aryl methyl sites for hydroxylation is 1. The smallest absolute Gasteiger partial charge is 0.124 e. The van der Waals surface area contributed by atoms with Gasteiger partial charge in [-0.15, -0.1) is 11.3 Å². The van der Waals surface area contributed by atoms with Crippen molar-refractivity contribution < 1.29 is 9.13 Å².